The zero-order valence-electron chi connectivity index (χ0n) is 7.24. The number of allylic oxidation sites excluding steroid dienone is 1. The molecule has 1 rings (SSSR count). The molecule has 0 amide bonds. The Labute approximate surface area is 72.1 Å². The highest BCUT2D eigenvalue weighted by molar-refractivity contribution is 5.58. The molecule has 0 aliphatic heterocycles. The normalized spacial score (nSPS) is 11.3. The number of hydrogen-bond donors (Lipinski definition) is 1. The SMILES string of the molecule is C/C=C(\O)c1ccc(OC)cc1. The van der Waals surface area contributed by atoms with Crippen molar-refractivity contribution < 1.29 is 9.84 Å². The van der Waals surface area contributed by atoms with Crippen LogP contribution in [0.15, 0.2) is 30.3 Å². The Morgan fingerprint density at radius 2 is 1.92 bits per heavy atom. The second-order valence-corrected chi connectivity index (χ2v) is 2.40. The third kappa shape index (κ3) is 1.78. The van der Waals surface area contributed by atoms with E-state index in [0.29, 0.717) is 0 Å². The monoisotopic (exact) mass is 164 g/mol. The molecule has 64 valence electrons. The Morgan fingerprint density at radius 3 is 2.33 bits per heavy atom. The van der Waals surface area contributed by atoms with Crippen LogP contribution >= 0.6 is 0 Å². The van der Waals surface area contributed by atoms with Crippen LogP contribution in [0.2, 0.25) is 0 Å². The number of aliphatic hydroxyl groups excluding tert-OH is 1. The van der Waals surface area contributed by atoms with Crippen molar-refractivity contribution >= 4 is 5.76 Å². The Morgan fingerprint density at radius 1 is 1.33 bits per heavy atom. The molecule has 2 nitrogen and oxygen atoms in total. The molecule has 0 fully saturated rings. The van der Waals surface area contributed by atoms with E-state index in [1.54, 1.807) is 20.1 Å². The van der Waals surface area contributed by atoms with E-state index in [1.807, 2.05) is 24.3 Å². The summed E-state index contributed by atoms with van der Waals surface area (Å²) < 4.78 is 4.98. The third-order valence-corrected chi connectivity index (χ3v) is 1.66. The van der Waals surface area contributed by atoms with Gasteiger partial charge in [-0.3, -0.25) is 0 Å². The third-order valence-electron chi connectivity index (χ3n) is 1.66. The molecule has 1 aromatic rings. The number of benzene rings is 1. The van der Waals surface area contributed by atoms with Gasteiger partial charge < -0.3 is 9.84 Å². The lowest BCUT2D eigenvalue weighted by Crippen LogP contribution is -1.84. The summed E-state index contributed by atoms with van der Waals surface area (Å²) in [6, 6.07) is 7.26. The van der Waals surface area contributed by atoms with Crippen LogP contribution < -0.4 is 4.74 Å². The van der Waals surface area contributed by atoms with Gasteiger partial charge in [0.15, 0.2) is 0 Å². The van der Waals surface area contributed by atoms with Crippen LogP contribution in [0.1, 0.15) is 12.5 Å². The number of rotatable bonds is 2. The smallest absolute Gasteiger partial charge is 0.118 e. The van der Waals surface area contributed by atoms with Crippen LogP contribution in [0, 0.1) is 0 Å². The molecule has 2 heteroatoms. The summed E-state index contributed by atoms with van der Waals surface area (Å²) in [5, 5.41) is 9.31. The first-order chi connectivity index (χ1) is 5.77. The first kappa shape index (κ1) is 8.65. The Kier molecular flexibility index (Phi) is 2.75. The quantitative estimate of drug-likeness (QED) is 0.681. The van der Waals surface area contributed by atoms with Gasteiger partial charge in [-0.15, -0.1) is 0 Å². The molecule has 0 aliphatic rings. The fraction of sp³-hybridized carbons (Fsp3) is 0.200. The van der Waals surface area contributed by atoms with Crippen molar-refractivity contribution in [2.24, 2.45) is 0 Å². The molecule has 0 aromatic heterocycles. The van der Waals surface area contributed by atoms with Gasteiger partial charge >= 0.3 is 0 Å². The zero-order valence-corrected chi connectivity index (χ0v) is 7.24. The molecule has 1 N–H and O–H groups in total. The van der Waals surface area contributed by atoms with Crippen molar-refractivity contribution in [2.45, 2.75) is 6.92 Å². The van der Waals surface area contributed by atoms with Gasteiger partial charge in [-0.2, -0.15) is 0 Å². The average Bonchev–Trinajstić information content (AvgIpc) is 2.17. The molecule has 0 saturated carbocycles. The van der Waals surface area contributed by atoms with E-state index in [9.17, 15) is 5.11 Å². The van der Waals surface area contributed by atoms with Gasteiger partial charge in [0, 0.05) is 5.56 Å². The van der Waals surface area contributed by atoms with Crippen LogP contribution in [-0.4, -0.2) is 12.2 Å². The summed E-state index contributed by atoms with van der Waals surface area (Å²) in [5.41, 5.74) is 0.804. The van der Waals surface area contributed by atoms with Crippen LogP contribution in [-0.2, 0) is 0 Å². The van der Waals surface area contributed by atoms with Crippen molar-refractivity contribution in [3.63, 3.8) is 0 Å². The van der Waals surface area contributed by atoms with Crippen LogP contribution in [0.25, 0.3) is 5.76 Å². The average molecular weight is 164 g/mol. The predicted octanol–water partition coefficient (Wildman–Crippen LogP) is 2.61. The standard InChI is InChI=1S/C10H12O2/c1-3-10(11)8-4-6-9(12-2)7-5-8/h3-7,11H,1-2H3/b10-3-. The van der Waals surface area contributed by atoms with E-state index in [1.165, 1.54) is 0 Å². The highest BCUT2D eigenvalue weighted by atomic mass is 16.5. The summed E-state index contributed by atoms with van der Waals surface area (Å²) in [6.45, 7) is 1.79. The molecular weight excluding hydrogens is 152 g/mol. The fourth-order valence-corrected chi connectivity index (χ4v) is 0.928. The lowest BCUT2D eigenvalue weighted by Gasteiger charge is -2.01. The second kappa shape index (κ2) is 3.81. The lowest BCUT2D eigenvalue weighted by atomic mass is 10.2. The maximum absolute atomic E-state index is 9.31. The predicted molar refractivity (Wildman–Crippen MR) is 49.3 cm³/mol. The number of ether oxygens (including phenoxy) is 1. The van der Waals surface area contributed by atoms with E-state index in [2.05, 4.69) is 0 Å². The Balaban J connectivity index is 2.92. The first-order valence-electron chi connectivity index (χ1n) is 3.77. The number of hydrogen-bond acceptors (Lipinski definition) is 2. The highest BCUT2D eigenvalue weighted by Crippen LogP contribution is 2.16. The van der Waals surface area contributed by atoms with Gasteiger partial charge in [0.25, 0.3) is 0 Å². The maximum atomic E-state index is 9.31. The van der Waals surface area contributed by atoms with Gasteiger partial charge in [-0.1, -0.05) is 0 Å². The molecule has 0 spiro atoms. The molecule has 0 aliphatic carbocycles. The second-order valence-electron chi connectivity index (χ2n) is 2.40. The van der Waals surface area contributed by atoms with Gasteiger partial charge in [0.2, 0.25) is 0 Å². The lowest BCUT2D eigenvalue weighted by molar-refractivity contribution is 0.414. The summed E-state index contributed by atoms with van der Waals surface area (Å²) in [7, 11) is 1.62. The Hall–Kier alpha value is -1.44. The molecule has 1 aromatic carbocycles. The first-order valence-corrected chi connectivity index (χ1v) is 3.77. The van der Waals surface area contributed by atoms with Gasteiger partial charge in [0.05, 0.1) is 7.11 Å². The number of methoxy groups -OCH3 is 1. The van der Waals surface area contributed by atoms with Crippen LogP contribution in [0.4, 0.5) is 0 Å². The molecule has 0 bridgehead atoms. The minimum absolute atomic E-state index is 0.289. The van der Waals surface area contributed by atoms with E-state index in [0.717, 1.165) is 11.3 Å². The molecule has 0 radical (unpaired) electrons. The number of aliphatic hydroxyl groups is 1. The topological polar surface area (TPSA) is 29.5 Å². The van der Waals surface area contributed by atoms with Gasteiger partial charge in [0.1, 0.15) is 11.5 Å². The zero-order chi connectivity index (χ0) is 8.97. The largest absolute Gasteiger partial charge is 0.508 e. The highest BCUT2D eigenvalue weighted by Gasteiger charge is 1.96. The van der Waals surface area contributed by atoms with Crippen molar-refractivity contribution in [1.82, 2.24) is 0 Å². The molecule has 0 heterocycles. The van der Waals surface area contributed by atoms with Gasteiger partial charge in [-0.05, 0) is 37.3 Å². The van der Waals surface area contributed by atoms with Crippen molar-refractivity contribution in [3.05, 3.63) is 35.9 Å². The summed E-state index contributed by atoms with van der Waals surface area (Å²) in [4.78, 5) is 0. The fourth-order valence-electron chi connectivity index (χ4n) is 0.928. The summed E-state index contributed by atoms with van der Waals surface area (Å²) >= 11 is 0. The molecule has 0 atom stereocenters. The minimum atomic E-state index is 0.289. The summed E-state index contributed by atoms with van der Waals surface area (Å²) in [5.74, 6) is 1.08. The van der Waals surface area contributed by atoms with E-state index in [-0.39, 0.29) is 5.76 Å². The molecule has 0 saturated heterocycles. The van der Waals surface area contributed by atoms with Crippen LogP contribution in [0.5, 0.6) is 5.75 Å². The van der Waals surface area contributed by atoms with Crippen molar-refractivity contribution in [3.8, 4) is 5.75 Å². The molecule has 0 unspecified atom stereocenters. The maximum Gasteiger partial charge on any atom is 0.118 e. The Bertz CT molecular complexity index is 272. The van der Waals surface area contributed by atoms with E-state index >= 15 is 0 Å². The van der Waals surface area contributed by atoms with Crippen LogP contribution in [0.3, 0.4) is 0 Å². The molecule has 12 heavy (non-hydrogen) atoms. The minimum Gasteiger partial charge on any atom is -0.508 e. The van der Waals surface area contributed by atoms with Crippen molar-refractivity contribution in [1.29, 1.82) is 0 Å². The van der Waals surface area contributed by atoms with E-state index in [4.69, 9.17) is 4.74 Å². The van der Waals surface area contributed by atoms with Crippen molar-refractivity contribution in [2.75, 3.05) is 7.11 Å². The molecular formula is C10H12O2. The van der Waals surface area contributed by atoms with E-state index < -0.39 is 0 Å². The van der Waals surface area contributed by atoms with Gasteiger partial charge in [-0.25, -0.2) is 0 Å². The summed E-state index contributed by atoms with van der Waals surface area (Å²) in [6.07, 6.45) is 1.65.